The van der Waals surface area contributed by atoms with Gasteiger partial charge < -0.3 is 20.4 Å². The molecule has 0 radical (unpaired) electrons. The summed E-state index contributed by atoms with van der Waals surface area (Å²) in [7, 11) is 0. The molecule has 2 amide bonds. The minimum absolute atomic E-state index is 0.0732. The molecule has 2 rings (SSSR count). The van der Waals surface area contributed by atoms with Gasteiger partial charge in [-0.2, -0.15) is 0 Å². The average molecular weight is 345 g/mol. The molecule has 0 bridgehead atoms. The highest BCUT2D eigenvalue weighted by molar-refractivity contribution is 5.90. The number of amides is 2. The Hall–Kier alpha value is -2.83. The Balaban J connectivity index is 1.77. The lowest BCUT2D eigenvalue weighted by Gasteiger charge is -2.13. The van der Waals surface area contributed by atoms with Gasteiger partial charge in [-0.3, -0.25) is 14.4 Å². The third-order valence-electron chi connectivity index (χ3n) is 3.69. The van der Waals surface area contributed by atoms with E-state index < -0.39 is 24.5 Å². The molecule has 0 unspecified atom stereocenters. The Bertz CT molecular complexity index is 754. The van der Waals surface area contributed by atoms with Crippen LogP contribution in [0.4, 0.5) is 0 Å². The second kappa shape index (κ2) is 8.86. The predicted octanol–water partition coefficient (Wildman–Crippen LogP) is 1.28. The number of aromatic amines is 1. The van der Waals surface area contributed by atoms with Gasteiger partial charge in [0, 0.05) is 23.6 Å². The van der Waals surface area contributed by atoms with Crippen molar-refractivity contribution < 1.29 is 19.1 Å². The van der Waals surface area contributed by atoms with Crippen LogP contribution in [0.2, 0.25) is 0 Å². The van der Waals surface area contributed by atoms with E-state index in [1.807, 2.05) is 31.2 Å². The van der Waals surface area contributed by atoms with Crippen LogP contribution in [0.3, 0.4) is 0 Å². The van der Waals surface area contributed by atoms with E-state index >= 15 is 0 Å². The number of benzene rings is 1. The van der Waals surface area contributed by atoms with E-state index in [4.69, 9.17) is 4.74 Å². The maximum absolute atomic E-state index is 11.9. The normalized spacial score (nSPS) is 11.8. The lowest BCUT2D eigenvalue weighted by atomic mass is 10.1. The molecule has 1 atom stereocenters. The number of hydrogen-bond donors (Lipinski definition) is 3. The molecule has 0 aliphatic heterocycles. The third-order valence-corrected chi connectivity index (χ3v) is 3.69. The summed E-state index contributed by atoms with van der Waals surface area (Å²) in [5.41, 5.74) is 1.75. The zero-order valence-corrected chi connectivity index (χ0v) is 14.4. The van der Waals surface area contributed by atoms with Gasteiger partial charge in [-0.15, -0.1) is 0 Å². The van der Waals surface area contributed by atoms with Gasteiger partial charge in [0.2, 0.25) is 5.91 Å². The van der Waals surface area contributed by atoms with Gasteiger partial charge in [-0.25, -0.2) is 0 Å². The quantitative estimate of drug-likeness (QED) is 0.628. The van der Waals surface area contributed by atoms with Gasteiger partial charge in [-0.05, 0) is 25.0 Å². The van der Waals surface area contributed by atoms with Crippen LogP contribution < -0.4 is 10.6 Å². The Morgan fingerprint density at radius 3 is 2.76 bits per heavy atom. The van der Waals surface area contributed by atoms with Gasteiger partial charge in [0.1, 0.15) is 6.04 Å². The first-order chi connectivity index (χ1) is 12.0. The van der Waals surface area contributed by atoms with E-state index in [2.05, 4.69) is 15.6 Å². The van der Waals surface area contributed by atoms with Crippen LogP contribution >= 0.6 is 0 Å². The van der Waals surface area contributed by atoms with Crippen LogP contribution in [0.5, 0.6) is 0 Å². The van der Waals surface area contributed by atoms with Gasteiger partial charge in [0.05, 0.1) is 6.42 Å². The van der Waals surface area contributed by atoms with Crippen LogP contribution in [-0.2, 0) is 25.5 Å². The molecular weight excluding hydrogens is 322 g/mol. The van der Waals surface area contributed by atoms with Gasteiger partial charge >= 0.3 is 5.97 Å². The Morgan fingerprint density at radius 2 is 2.00 bits per heavy atom. The van der Waals surface area contributed by atoms with Gasteiger partial charge in [0.25, 0.3) is 5.91 Å². The topological polar surface area (TPSA) is 100 Å². The maximum Gasteiger partial charge on any atom is 0.310 e. The fourth-order valence-electron chi connectivity index (χ4n) is 2.38. The van der Waals surface area contributed by atoms with Crippen LogP contribution in [0.15, 0.2) is 30.5 Å². The molecule has 1 aromatic carbocycles. The minimum atomic E-state index is -0.675. The van der Waals surface area contributed by atoms with Crippen molar-refractivity contribution >= 4 is 28.7 Å². The van der Waals surface area contributed by atoms with E-state index in [-0.39, 0.29) is 12.3 Å². The zero-order chi connectivity index (χ0) is 18.2. The van der Waals surface area contributed by atoms with Crippen molar-refractivity contribution in [1.29, 1.82) is 0 Å². The van der Waals surface area contributed by atoms with Crippen LogP contribution in [0, 0.1) is 0 Å². The number of rotatable bonds is 8. The Kier molecular flexibility index (Phi) is 6.56. The van der Waals surface area contributed by atoms with Crippen molar-refractivity contribution in [2.75, 3.05) is 13.2 Å². The summed E-state index contributed by atoms with van der Waals surface area (Å²) in [5.74, 6) is -1.27. The first kappa shape index (κ1) is 18.5. The lowest BCUT2D eigenvalue weighted by Crippen LogP contribution is -2.46. The molecule has 0 saturated heterocycles. The summed E-state index contributed by atoms with van der Waals surface area (Å²) in [4.78, 5) is 38.5. The molecule has 0 fully saturated rings. The van der Waals surface area contributed by atoms with Crippen molar-refractivity contribution in [2.45, 2.75) is 32.7 Å². The molecular formula is C18H23N3O4. The van der Waals surface area contributed by atoms with Gasteiger partial charge in [0.15, 0.2) is 6.61 Å². The lowest BCUT2D eigenvalue weighted by molar-refractivity contribution is -0.148. The second-order valence-electron chi connectivity index (χ2n) is 5.78. The summed E-state index contributed by atoms with van der Waals surface area (Å²) in [6.07, 6.45) is 2.65. The van der Waals surface area contributed by atoms with Crippen molar-refractivity contribution in [2.24, 2.45) is 0 Å². The average Bonchev–Trinajstić information content (AvgIpc) is 3.01. The van der Waals surface area contributed by atoms with Crippen molar-refractivity contribution in [3.8, 4) is 0 Å². The molecule has 0 spiro atoms. The Morgan fingerprint density at radius 1 is 1.24 bits per heavy atom. The molecule has 0 aliphatic rings. The highest BCUT2D eigenvalue weighted by atomic mass is 16.5. The smallest absolute Gasteiger partial charge is 0.310 e. The highest BCUT2D eigenvalue weighted by Crippen LogP contribution is 2.18. The summed E-state index contributed by atoms with van der Waals surface area (Å²) < 4.78 is 4.99. The molecule has 25 heavy (non-hydrogen) atoms. The summed E-state index contributed by atoms with van der Waals surface area (Å²) in [6.45, 7) is 3.67. The second-order valence-corrected chi connectivity index (χ2v) is 5.78. The summed E-state index contributed by atoms with van der Waals surface area (Å²) in [6, 6.07) is 6.96. The number of carbonyl (C=O) groups excluding carboxylic acids is 3. The van der Waals surface area contributed by atoms with E-state index in [1.54, 1.807) is 13.1 Å². The largest absolute Gasteiger partial charge is 0.455 e. The highest BCUT2D eigenvalue weighted by Gasteiger charge is 2.16. The van der Waals surface area contributed by atoms with Crippen molar-refractivity contribution in [3.05, 3.63) is 36.0 Å². The molecule has 1 heterocycles. The molecule has 0 aliphatic carbocycles. The Labute approximate surface area is 146 Å². The molecule has 7 heteroatoms. The first-order valence-electron chi connectivity index (χ1n) is 8.29. The van der Waals surface area contributed by atoms with Crippen LogP contribution in [0.25, 0.3) is 10.9 Å². The molecule has 0 saturated carbocycles. The van der Waals surface area contributed by atoms with Crippen LogP contribution in [0.1, 0.15) is 25.8 Å². The van der Waals surface area contributed by atoms with E-state index in [0.29, 0.717) is 6.54 Å². The standard InChI is InChI=1S/C18H23N3O4/c1-3-8-19-18(24)12(2)21-16(22)11-25-17(23)9-13-10-20-15-7-5-4-6-14(13)15/h4-7,10,12,20H,3,8-9,11H2,1-2H3,(H,19,24)(H,21,22)/t12-/m1/s1. The minimum Gasteiger partial charge on any atom is -0.455 e. The summed E-state index contributed by atoms with van der Waals surface area (Å²) in [5, 5.41) is 6.13. The van der Waals surface area contributed by atoms with E-state index in [1.165, 1.54) is 0 Å². The predicted molar refractivity (Wildman–Crippen MR) is 93.9 cm³/mol. The number of aromatic nitrogens is 1. The molecule has 7 nitrogen and oxygen atoms in total. The number of fused-ring (bicyclic) bond motifs is 1. The fraction of sp³-hybridized carbons (Fsp3) is 0.389. The number of esters is 1. The number of carbonyl (C=O) groups is 3. The third kappa shape index (κ3) is 5.34. The molecule has 1 aromatic heterocycles. The van der Waals surface area contributed by atoms with E-state index in [9.17, 15) is 14.4 Å². The molecule has 2 aromatic rings. The summed E-state index contributed by atoms with van der Waals surface area (Å²) >= 11 is 0. The zero-order valence-electron chi connectivity index (χ0n) is 14.4. The molecule has 134 valence electrons. The maximum atomic E-state index is 11.9. The number of H-pyrrole nitrogens is 1. The van der Waals surface area contributed by atoms with Crippen molar-refractivity contribution in [1.82, 2.24) is 15.6 Å². The van der Waals surface area contributed by atoms with E-state index in [0.717, 1.165) is 22.9 Å². The number of hydrogen-bond acceptors (Lipinski definition) is 4. The molecule has 3 N–H and O–H groups in total. The fourth-order valence-corrected chi connectivity index (χ4v) is 2.38. The number of para-hydroxylation sites is 1. The number of nitrogens with one attached hydrogen (secondary N) is 3. The van der Waals surface area contributed by atoms with Crippen LogP contribution in [-0.4, -0.2) is 42.0 Å². The van der Waals surface area contributed by atoms with Gasteiger partial charge in [-0.1, -0.05) is 25.1 Å². The monoisotopic (exact) mass is 345 g/mol. The first-order valence-corrected chi connectivity index (χ1v) is 8.29. The van der Waals surface area contributed by atoms with Crippen molar-refractivity contribution in [3.63, 3.8) is 0 Å². The number of ether oxygens (including phenoxy) is 1. The SMILES string of the molecule is CCCNC(=O)[C@@H](C)NC(=O)COC(=O)Cc1c[nH]c2ccccc12.